The van der Waals surface area contributed by atoms with Crippen molar-refractivity contribution in [3.05, 3.63) is 18.4 Å². The van der Waals surface area contributed by atoms with Crippen molar-refractivity contribution >= 4 is 16.9 Å². The predicted molar refractivity (Wildman–Crippen MR) is 37.4 cm³/mol. The topological polar surface area (TPSA) is 17.1 Å². The monoisotopic (exact) mass is 129 g/mol. The normalized spacial score (nSPS) is 8.62. The summed E-state index contributed by atoms with van der Waals surface area (Å²) in [6.07, 6.45) is 2.24. The van der Waals surface area contributed by atoms with Crippen LogP contribution in [0.4, 0.5) is 0 Å². The highest BCUT2D eigenvalue weighted by Crippen LogP contribution is 2.08. The molecule has 0 N–H and O–H groups in total. The number of thioether (sulfide) groups is 1. The first kappa shape index (κ1) is 7.76. The summed E-state index contributed by atoms with van der Waals surface area (Å²) in [5.41, 5.74) is 0. The number of hydrogen-bond donors (Lipinski definition) is 0. The zero-order chi connectivity index (χ0) is 6.41. The van der Waals surface area contributed by atoms with Gasteiger partial charge in [-0.05, 0) is 12.5 Å². The highest BCUT2D eigenvalue weighted by atomic mass is 32.2. The molecule has 8 heavy (non-hydrogen) atoms. The molecule has 45 valence electrons. The molecule has 0 aliphatic rings. The van der Waals surface area contributed by atoms with Crippen LogP contribution < -0.4 is 0 Å². The molecule has 0 aromatic heterocycles. The third-order valence-electron chi connectivity index (χ3n) is 0.533. The molecule has 0 heterocycles. The second kappa shape index (κ2) is 4.91. The average Bonchev–Trinajstić information content (AvgIpc) is 1.83. The maximum Gasteiger partial charge on any atom is 0.211 e. The van der Waals surface area contributed by atoms with Crippen LogP contribution in [0.1, 0.15) is 13.3 Å². The smallest absolute Gasteiger partial charge is 0.211 e. The van der Waals surface area contributed by atoms with E-state index in [0.717, 1.165) is 6.42 Å². The van der Waals surface area contributed by atoms with E-state index in [1.54, 1.807) is 0 Å². The largest absolute Gasteiger partial charge is 0.282 e. The first-order valence-electron chi connectivity index (χ1n) is 2.46. The van der Waals surface area contributed by atoms with Crippen LogP contribution in [0.25, 0.3) is 0 Å². The fraction of sp³-hybridized carbons (Fsp3) is 0.333. The molecular formula is C6H9OS. The second-order valence-electron chi connectivity index (χ2n) is 1.22. The standard InChI is InChI=1S/C6H9OS/c1-3-5-8-6(7)4-2/h4-5H,2-3H2,1H3. The Morgan fingerprint density at radius 1 is 1.88 bits per heavy atom. The summed E-state index contributed by atoms with van der Waals surface area (Å²) in [4.78, 5) is 10.4. The molecule has 0 atom stereocenters. The molecule has 1 radical (unpaired) electrons. The van der Waals surface area contributed by atoms with Crippen molar-refractivity contribution in [1.29, 1.82) is 0 Å². The third-order valence-corrected chi connectivity index (χ3v) is 1.43. The van der Waals surface area contributed by atoms with E-state index in [0.29, 0.717) is 0 Å². The number of rotatable bonds is 3. The van der Waals surface area contributed by atoms with E-state index >= 15 is 0 Å². The Morgan fingerprint density at radius 3 is 2.88 bits per heavy atom. The zero-order valence-electron chi connectivity index (χ0n) is 4.89. The summed E-state index contributed by atoms with van der Waals surface area (Å²) in [6, 6.07) is 0. The van der Waals surface area contributed by atoms with Gasteiger partial charge in [-0.3, -0.25) is 4.79 Å². The number of hydrogen-bond acceptors (Lipinski definition) is 2. The summed E-state index contributed by atoms with van der Waals surface area (Å²) < 4.78 is 0. The first-order valence-corrected chi connectivity index (χ1v) is 3.34. The van der Waals surface area contributed by atoms with Gasteiger partial charge < -0.3 is 0 Å². The van der Waals surface area contributed by atoms with E-state index in [4.69, 9.17) is 0 Å². The third kappa shape index (κ3) is 3.93. The molecule has 0 aliphatic carbocycles. The lowest BCUT2D eigenvalue weighted by atomic mass is 10.6. The van der Waals surface area contributed by atoms with Gasteiger partial charge in [0.05, 0.1) is 0 Å². The van der Waals surface area contributed by atoms with Crippen LogP contribution in [-0.4, -0.2) is 5.12 Å². The minimum atomic E-state index is 0.0202. The maximum atomic E-state index is 10.4. The van der Waals surface area contributed by atoms with E-state index in [1.807, 2.05) is 12.7 Å². The molecule has 0 unspecified atom stereocenters. The van der Waals surface area contributed by atoms with Gasteiger partial charge in [0, 0.05) is 5.75 Å². The lowest BCUT2D eigenvalue weighted by molar-refractivity contribution is -0.106. The summed E-state index contributed by atoms with van der Waals surface area (Å²) in [7, 11) is 0. The van der Waals surface area contributed by atoms with Crippen molar-refractivity contribution in [2.75, 3.05) is 0 Å². The van der Waals surface area contributed by atoms with Gasteiger partial charge in [-0.15, -0.1) is 0 Å². The van der Waals surface area contributed by atoms with E-state index < -0.39 is 0 Å². The molecule has 0 fully saturated rings. The molecule has 2 heteroatoms. The fourth-order valence-electron chi connectivity index (χ4n) is 0.214. The molecule has 0 aromatic rings. The van der Waals surface area contributed by atoms with Gasteiger partial charge in [-0.2, -0.15) is 0 Å². The molecular weight excluding hydrogens is 120 g/mol. The minimum absolute atomic E-state index is 0.0202. The summed E-state index contributed by atoms with van der Waals surface area (Å²) in [5.74, 6) is 1.85. The molecule has 0 amide bonds. The molecule has 0 spiro atoms. The molecule has 0 saturated heterocycles. The lowest BCUT2D eigenvalue weighted by Gasteiger charge is -1.87. The van der Waals surface area contributed by atoms with Crippen LogP contribution in [0, 0.1) is 5.75 Å². The zero-order valence-corrected chi connectivity index (χ0v) is 5.70. The maximum absolute atomic E-state index is 10.4. The Labute approximate surface area is 54.2 Å². The van der Waals surface area contributed by atoms with Gasteiger partial charge in [0.2, 0.25) is 5.12 Å². The van der Waals surface area contributed by atoms with Crippen LogP contribution in [0.5, 0.6) is 0 Å². The summed E-state index contributed by atoms with van der Waals surface area (Å²) >= 11 is 1.19. The van der Waals surface area contributed by atoms with Gasteiger partial charge in [0.25, 0.3) is 0 Å². The number of carbonyl (C=O) groups is 1. The average molecular weight is 129 g/mol. The van der Waals surface area contributed by atoms with Crippen molar-refractivity contribution in [2.24, 2.45) is 0 Å². The molecule has 0 bridgehead atoms. The summed E-state index contributed by atoms with van der Waals surface area (Å²) in [6.45, 7) is 5.31. The quantitative estimate of drug-likeness (QED) is 0.542. The molecule has 0 rings (SSSR count). The van der Waals surface area contributed by atoms with Crippen molar-refractivity contribution in [3.8, 4) is 0 Å². The SMILES string of the molecule is C=CC(=O)S[CH]CC. The van der Waals surface area contributed by atoms with Gasteiger partial charge in [-0.1, -0.05) is 25.3 Å². The van der Waals surface area contributed by atoms with Gasteiger partial charge >= 0.3 is 0 Å². The molecule has 0 aromatic carbocycles. The molecule has 1 nitrogen and oxygen atoms in total. The van der Waals surface area contributed by atoms with E-state index in [1.165, 1.54) is 17.8 Å². The number of carbonyl (C=O) groups excluding carboxylic acids is 1. The Morgan fingerprint density at radius 2 is 2.50 bits per heavy atom. The van der Waals surface area contributed by atoms with Crippen molar-refractivity contribution in [1.82, 2.24) is 0 Å². The second-order valence-corrected chi connectivity index (χ2v) is 2.19. The Hall–Kier alpha value is -0.240. The Kier molecular flexibility index (Phi) is 4.76. The van der Waals surface area contributed by atoms with E-state index in [2.05, 4.69) is 6.58 Å². The van der Waals surface area contributed by atoms with Crippen molar-refractivity contribution in [3.63, 3.8) is 0 Å². The lowest BCUT2D eigenvalue weighted by Crippen LogP contribution is -1.80. The highest BCUT2D eigenvalue weighted by molar-refractivity contribution is 8.15. The van der Waals surface area contributed by atoms with Crippen molar-refractivity contribution in [2.45, 2.75) is 13.3 Å². The first-order chi connectivity index (χ1) is 3.81. The van der Waals surface area contributed by atoms with E-state index in [-0.39, 0.29) is 5.12 Å². The van der Waals surface area contributed by atoms with Gasteiger partial charge in [-0.25, -0.2) is 0 Å². The van der Waals surface area contributed by atoms with Crippen LogP contribution in [0.2, 0.25) is 0 Å². The van der Waals surface area contributed by atoms with Gasteiger partial charge in [0.1, 0.15) is 0 Å². The fourth-order valence-corrected chi connectivity index (χ4v) is 0.641. The highest BCUT2D eigenvalue weighted by Gasteiger charge is 1.91. The molecule has 0 saturated carbocycles. The molecule has 0 aliphatic heterocycles. The summed E-state index contributed by atoms with van der Waals surface area (Å²) in [5, 5.41) is 0.0202. The van der Waals surface area contributed by atoms with Crippen molar-refractivity contribution < 1.29 is 4.79 Å². The van der Waals surface area contributed by atoms with E-state index in [9.17, 15) is 4.79 Å². The van der Waals surface area contributed by atoms with Gasteiger partial charge in [0.15, 0.2) is 0 Å². The van der Waals surface area contributed by atoms with Crippen LogP contribution >= 0.6 is 11.8 Å². The Bertz CT molecular complexity index is 88.5. The van der Waals surface area contributed by atoms with Crippen LogP contribution in [-0.2, 0) is 4.79 Å². The predicted octanol–water partition coefficient (Wildman–Crippen LogP) is 2.00. The van der Waals surface area contributed by atoms with Crippen LogP contribution in [0.3, 0.4) is 0 Å². The Balaban J connectivity index is 3.11. The van der Waals surface area contributed by atoms with Crippen LogP contribution in [0.15, 0.2) is 12.7 Å². The minimum Gasteiger partial charge on any atom is -0.282 e.